The van der Waals surface area contributed by atoms with Crippen LogP contribution in [-0.4, -0.2) is 39.7 Å². The van der Waals surface area contributed by atoms with Gasteiger partial charge in [0.1, 0.15) is 23.5 Å². The lowest BCUT2D eigenvalue weighted by Crippen LogP contribution is -2.56. The quantitative estimate of drug-likeness (QED) is 0.890. The smallest absolute Gasteiger partial charge is 0.164 e. The second-order valence-electron chi connectivity index (χ2n) is 6.12. The summed E-state index contributed by atoms with van der Waals surface area (Å²) >= 11 is 0. The van der Waals surface area contributed by atoms with Crippen LogP contribution in [0.25, 0.3) is 11.0 Å². The summed E-state index contributed by atoms with van der Waals surface area (Å²) in [5.41, 5.74) is 6.26. The van der Waals surface area contributed by atoms with E-state index in [0.717, 1.165) is 30.0 Å². The molecule has 2 aromatic rings. The van der Waals surface area contributed by atoms with Gasteiger partial charge in [0, 0.05) is 19.1 Å². The molecule has 6 nitrogen and oxygen atoms in total. The highest BCUT2D eigenvalue weighted by atomic mass is 16.5. The first-order valence-corrected chi connectivity index (χ1v) is 6.73. The van der Waals surface area contributed by atoms with Crippen LogP contribution in [0.4, 0.5) is 5.82 Å². The van der Waals surface area contributed by atoms with Gasteiger partial charge in [-0.2, -0.15) is 0 Å². The van der Waals surface area contributed by atoms with Crippen molar-refractivity contribution >= 4 is 16.9 Å². The van der Waals surface area contributed by atoms with Gasteiger partial charge in [-0.25, -0.2) is 15.0 Å². The Labute approximate surface area is 118 Å². The predicted molar refractivity (Wildman–Crippen MR) is 77.9 cm³/mol. The molecule has 1 saturated heterocycles. The van der Waals surface area contributed by atoms with Gasteiger partial charge in [-0.05, 0) is 26.8 Å². The summed E-state index contributed by atoms with van der Waals surface area (Å²) in [5.74, 6) is 1.61. The molecule has 0 aromatic carbocycles. The Kier molecular flexibility index (Phi) is 2.97. The van der Waals surface area contributed by atoms with Crippen molar-refractivity contribution in [1.29, 1.82) is 0 Å². The average molecular weight is 273 g/mol. The summed E-state index contributed by atoms with van der Waals surface area (Å²) in [7, 11) is 0. The zero-order chi connectivity index (χ0) is 14.3. The molecule has 0 aliphatic carbocycles. The van der Waals surface area contributed by atoms with Crippen molar-refractivity contribution in [3.8, 4) is 5.75 Å². The molecule has 0 unspecified atom stereocenters. The summed E-state index contributed by atoms with van der Waals surface area (Å²) in [4.78, 5) is 15.1. The minimum absolute atomic E-state index is 0.224. The summed E-state index contributed by atoms with van der Waals surface area (Å²) in [5, 5.41) is 0.904. The first-order chi connectivity index (χ1) is 9.42. The van der Waals surface area contributed by atoms with E-state index in [2.05, 4.69) is 19.9 Å². The van der Waals surface area contributed by atoms with Gasteiger partial charge in [0.05, 0.1) is 11.6 Å². The lowest BCUT2D eigenvalue weighted by atomic mass is 10.1. The third-order valence-electron chi connectivity index (χ3n) is 3.08. The van der Waals surface area contributed by atoms with E-state index in [9.17, 15) is 0 Å². The fraction of sp³-hybridized carbons (Fsp3) is 0.500. The molecule has 3 rings (SSSR count). The Hall–Kier alpha value is -1.95. The molecule has 106 valence electrons. The van der Waals surface area contributed by atoms with Crippen LogP contribution in [0.1, 0.15) is 20.8 Å². The van der Waals surface area contributed by atoms with Crippen molar-refractivity contribution in [2.75, 3.05) is 18.0 Å². The Morgan fingerprint density at radius 2 is 2.00 bits per heavy atom. The molecule has 20 heavy (non-hydrogen) atoms. The van der Waals surface area contributed by atoms with Crippen LogP contribution in [0.2, 0.25) is 0 Å². The molecule has 0 atom stereocenters. The molecule has 0 saturated carbocycles. The van der Waals surface area contributed by atoms with Crippen LogP contribution >= 0.6 is 0 Å². The predicted octanol–water partition coefficient (Wildman–Crippen LogP) is 1.35. The molecular formula is C14H19N5O. The van der Waals surface area contributed by atoms with Crippen LogP contribution in [0.15, 0.2) is 18.6 Å². The first kappa shape index (κ1) is 13.1. The molecule has 1 aliphatic heterocycles. The fourth-order valence-corrected chi connectivity index (χ4v) is 2.26. The van der Waals surface area contributed by atoms with Crippen molar-refractivity contribution < 1.29 is 4.74 Å². The van der Waals surface area contributed by atoms with Crippen molar-refractivity contribution in [2.45, 2.75) is 32.4 Å². The topological polar surface area (TPSA) is 77.2 Å². The lowest BCUT2D eigenvalue weighted by Gasteiger charge is -2.38. The van der Waals surface area contributed by atoms with Gasteiger partial charge < -0.3 is 15.4 Å². The number of aromatic nitrogens is 3. The minimum Gasteiger partial charge on any atom is -0.487 e. The van der Waals surface area contributed by atoms with E-state index in [-0.39, 0.29) is 11.6 Å². The molecule has 2 N–H and O–H groups in total. The number of fused-ring (bicyclic) bond motifs is 1. The van der Waals surface area contributed by atoms with Crippen LogP contribution in [-0.2, 0) is 0 Å². The zero-order valence-electron chi connectivity index (χ0n) is 12.0. The van der Waals surface area contributed by atoms with Crippen molar-refractivity contribution in [1.82, 2.24) is 15.0 Å². The number of nitrogens with zero attached hydrogens (tertiary/aromatic N) is 4. The molecule has 2 aromatic heterocycles. The van der Waals surface area contributed by atoms with Gasteiger partial charge in [-0.15, -0.1) is 0 Å². The van der Waals surface area contributed by atoms with E-state index in [1.165, 1.54) is 0 Å². The third kappa shape index (κ3) is 2.51. The standard InChI is InChI=1S/C14H19N5O/c1-14(2,3)20-10-4-11-12(16-5-10)17-8-18-13(11)19-6-9(15)7-19/h4-5,8-9H,6-7,15H2,1-3H3. The van der Waals surface area contributed by atoms with Crippen molar-refractivity contribution in [3.63, 3.8) is 0 Å². The molecule has 3 heterocycles. The Bertz CT molecular complexity index is 631. The summed E-state index contributed by atoms with van der Waals surface area (Å²) in [6, 6.07) is 2.18. The van der Waals surface area contributed by atoms with Crippen LogP contribution in [0.5, 0.6) is 5.75 Å². The molecule has 0 amide bonds. The molecule has 0 bridgehead atoms. The summed E-state index contributed by atoms with van der Waals surface area (Å²) in [6.45, 7) is 7.66. The number of ether oxygens (including phenoxy) is 1. The zero-order valence-corrected chi connectivity index (χ0v) is 12.0. The van der Waals surface area contributed by atoms with Crippen molar-refractivity contribution in [3.05, 3.63) is 18.6 Å². The highest BCUT2D eigenvalue weighted by Gasteiger charge is 2.26. The number of rotatable bonds is 2. The fourth-order valence-electron chi connectivity index (χ4n) is 2.26. The van der Waals surface area contributed by atoms with E-state index < -0.39 is 0 Å². The van der Waals surface area contributed by atoms with Crippen LogP contribution in [0, 0.1) is 0 Å². The second-order valence-corrected chi connectivity index (χ2v) is 6.12. The Balaban J connectivity index is 2.00. The van der Waals surface area contributed by atoms with Gasteiger partial charge in [0.2, 0.25) is 0 Å². The Morgan fingerprint density at radius 3 is 2.65 bits per heavy atom. The maximum atomic E-state index is 5.86. The highest BCUT2D eigenvalue weighted by molar-refractivity contribution is 5.88. The van der Waals surface area contributed by atoms with Gasteiger partial charge in [0.25, 0.3) is 0 Å². The summed E-state index contributed by atoms with van der Waals surface area (Å²) in [6.07, 6.45) is 3.24. The molecule has 0 radical (unpaired) electrons. The van der Waals surface area contributed by atoms with E-state index in [1.807, 2.05) is 26.8 Å². The monoisotopic (exact) mass is 273 g/mol. The Morgan fingerprint density at radius 1 is 1.25 bits per heavy atom. The van der Waals surface area contributed by atoms with Crippen LogP contribution in [0.3, 0.4) is 0 Å². The maximum Gasteiger partial charge on any atom is 0.164 e. The molecular weight excluding hydrogens is 254 g/mol. The average Bonchev–Trinajstić information content (AvgIpc) is 2.32. The van der Waals surface area contributed by atoms with E-state index >= 15 is 0 Å². The molecule has 0 spiro atoms. The molecule has 6 heteroatoms. The third-order valence-corrected chi connectivity index (χ3v) is 3.08. The minimum atomic E-state index is -0.260. The number of pyridine rings is 1. The summed E-state index contributed by atoms with van der Waals surface area (Å²) < 4.78 is 5.86. The number of nitrogens with two attached hydrogens (primary N) is 1. The highest BCUT2D eigenvalue weighted by Crippen LogP contribution is 2.28. The maximum absolute atomic E-state index is 5.86. The van der Waals surface area contributed by atoms with Crippen molar-refractivity contribution in [2.24, 2.45) is 5.73 Å². The second kappa shape index (κ2) is 4.56. The largest absolute Gasteiger partial charge is 0.487 e. The SMILES string of the molecule is CC(C)(C)Oc1cnc2ncnc(N3CC(N)C3)c2c1. The number of anilines is 1. The van der Waals surface area contributed by atoms with Gasteiger partial charge >= 0.3 is 0 Å². The lowest BCUT2D eigenvalue weighted by molar-refractivity contribution is 0.130. The normalized spacial score (nSPS) is 16.3. The van der Waals surface area contributed by atoms with E-state index in [4.69, 9.17) is 10.5 Å². The number of hydrogen-bond donors (Lipinski definition) is 1. The van der Waals surface area contributed by atoms with E-state index in [0.29, 0.717) is 5.65 Å². The molecule has 1 fully saturated rings. The van der Waals surface area contributed by atoms with Gasteiger partial charge in [-0.3, -0.25) is 0 Å². The van der Waals surface area contributed by atoms with Gasteiger partial charge in [-0.1, -0.05) is 0 Å². The van der Waals surface area contributed by atoms with E-state index in [1.54, 1.807) is 12.5 Å². The van der Waals surface area contributed by atoms with Crippen LogP contribution < -0.4 is 15.4 Å². The number of hydrogen-bond acceptors (Lipinski definition) is 6. The molecule has 1 aliphatic rings. The first-order valence-electron chi connectivity index (χ1n) is 6.73. The van der Waals surface area contributed by atoms with Gasteiger partial charge in [0.15, 0.2) is 5.65 Å².